The van der Waals surface area contributed by atoms with E-state index in [1.807, 2.05) is 24.3 Å². The summed E-state index contributed by atoms with van der Waals surface area (Å²) in [4.78, 5) is 27.3. The minimum atomic E-state index is -3.04. The van der Waals surface area contributed by atoms with Crippen LogP contribution in [0.4, 0.5) is 0 Å². The topological polar surface area (TPSA) is 147 Å². The average Bonchev–Trinajstić information content (AvgIpc) is 3.43. The molecule has 3 aromatic rings. The minimum absolute atomic E-state index is 0.0351. The van der Waals surface area contributed by atoms with E-state index in [1.165, 1.54) is 0 Å². The molecule has 12 heteroatoms. The summed E-state index contributed by atoms with van der Waals surface area (Å²) < 4.78 is 25.1. The molecule has 0 spiro atoms. The zero-order valence-electron chi connectivity index (χ0n) is 17.3. The number of hydrogen-bond acceptors (Lipinski definition) is 7. The maximum Gasteiger partial charge on any atom is 0.326 e. The van der Waals surface area contributed by atoms with Crippen molar-refractivity contribution in [2.75, 3.05) is 17.3 Å². The van der Waals surface area contributed by atoms with Crippen molar-refractivity contribution in [2.45, 2.75) is 30.0 Å². The van der Waals surface area contributed by atoms with Crippen LogP contribution in [0, 0.1) is 0 Å². The van der Waals surface area contributed by atoms with Gasteiger partial charge in [0, 0.05) is 36.5 Å². The molecule has 32 heavy (non-hydrogen) atoms. The summed E-state index contributed by atoms with van der Waals surface area (Å²) in [5, 5.41) is 21.7. The number of H-pyrrole nitrogens is 1. The second-order valence-corrected chi connectivity index (χ2v) is 11.0. The molecule has 0 aliphatic carbocycles. The summed E-state index contributed by atoms with van der Waals surface area (Å²) in [6, 6.07) is 6.50. The Morgan fingerprint density at radius 1 is 1.34 bits per heavy atom. The van der Waals surface area contributed by atoms with Gasteiger partial charge in [0.15, 0.2) is 15.0 Å². The first-order valence-corrected chi connectivity index (χ1v) is 12.8. The lowest BCUT2D eigenvalue weighted by Gasteiger charge is -2.14. The quantitative estimate of drug-likeness (QED) is 0.409. The van der Waals surface area contributed by atoms with Gasteiger partial charge in [0.05, 0.1) is 17.3 Å². The van der Waals surface area contributed by atoms with Crippen LogP contribution in [0.15, 0.2) is 35.6 Å². The molecule has 2 atom stereocenters. The number of fused-ring (bicyclic) bond motifs is 1. The summed E-state index contributed by atoms with van der Waals surface area (Å²) in [7, 11) is -1.31. The minimum Gasteiger partial charge on any atom is -0.480 e. The third-order valence-corrected chi connectivity index (χ3v) is 8.32. The van der Waals surface area contributed by atoms with E-state index < -0.39 is 27.8 Å². The number of para-hydroxylation sites is 1. The van der Waals surface area contributed by atoms with Crippen molar-refractivity contribution >= 4 is 44.4 Å². The third kappa shape index (κ3) is 4.80. The highest BCUT2D eigenvalue weighted by molar-refractivity contribution is 7.99. The molecule has 0 saturated carbocycles. The molecule has 2 aromatic heterocycles. The number of carboxylic acid groups (broad SMARTS) is 1. The summed E-state index contributed by atoms with van der Waals surface area (Å²) in [6.45, 7) is 0. The lowest BCUT2D eigenvalue weighted by molar-refractivity contribution is -0.141. The molecule has 0 bridgehead atoms. The normalized spacial score (nSPS) is 18.6. The predicted molar refractivity (Wildman–Crippen MR) is 119 cm³/mol. The first-order chi connectivity index (χ1) is 15.2. The van der Waals surface area contributed by atoms with Crippen LogP contribution >= 0.6 is 11.8 Å². The van der Waals surface area contributed by atoms with Crippen molar-refractivity contribution in [2.24, 2.45) is 7.05 Å². The van der Waals surface area contributed by atoms with Crippen molar-refractivity contribution in [3.05, 3.63) is 41.9 Å². The van der Waals surface area contributed by atoms with Gasteiger partial charge >= 0.3 is 5.97 Å². The van der Waals surface area contributed by atoms with Crippen LogP contribution in [-0.4, -0.2) is 68.4 Å². The number of carbonyl (C=O) groups is 2. The molecule has 0 unspecified atom stereocenters. The Balaban J connectivity index is 1.37. The largest absolute Gasteiger partial charge is 0.480 e. The molecule has 170 valence electrons. The average molecular weight is 478 g/mol. The van der Waals surface area contributed by atoms with Gasteiger partial charge in [-0.05, 0) is 18.1 Å². The molecule has 4 rings (SSSR count). The Bertz CT molecular complexity index is 1270. The number of rotatable bonds is 8. The van der Waals surface area contributed by atoms with E-state index in [1.54, 1.807) is 17.8 Å². The number of benzene rings is 1. The van der Waals surface area contributed by atoms with Gasteiger partial charge in [-0.3, -0.25) is 4.79 Å². The fourth-order valence-corrected chi connectivity index (χ4v) is 6.36. The molecular weight excluding hydrogens is 454 g/mol. The maximum absolute atomic E-state index is 12.4. The van der Waals surface area contributed by atoms with Gasteiger partial charge in [0.25, 0.3) is 0 Å². The van der Waals surface area contributed by atoms with E-state index in [0.29, 0.717) is 17.4 Å². The highest BCUT2D eigenvalue weighted by Crippen LogP contribution is 2.29. The lowest BCUT2D eigenvalue weighted by atomic mass is 10.1. The molecule has 1 saturated heterocycles. The Kier molecular flexibility index (Phi) is 6.24. The predicted octanol–water partition coefficient (Wildman–Crippen LogP) is 1.10. The number of nitrogens with one attached hydrogen (secondary N) is 2. The zero-order chi connectivity index (χ0) is 22.9. The standard InChI is InChI=1S/C20H23N5O5S2/c1-25-18(12-6-7-32(29,30)11-12)23-24-20(25)31-10-17(26)22-16(19(27)28)8-13-9-21-15-5-3-2-4-14(13)15/h2-5,9,12,16,21H,6-8,10-11H2,1H3,(H,22,26)(H,27,28)/t12-,16-/m1/s1. The fraction of sp³-hybridized carbons (Fsp3) is 0.400. The molecule has 0 radical (unpaired) electrons. The van der Waals surface area contributed by atoms with Crippen LogP contribution in [0.3, 0.4) is 0 Å². The first-order valence-electron chi connectivity index (χ1n) is 10.0. The monoisotopic (exact) mass is 477 g/mol. The number of carboxylic acids is 1. The first kappa shape index (κ1) is 22.3. The van der Waals surface area contributed by atoms with E-state index in [2.05, 4.69) is 20.5 Å². The van der Waals surface area contributed by atoms with E-state index in [0.717, 1.165) is 28.2 Å². The van der Waals surface area contributed by atoms with Crippen LogP contribution in [0.1, 0.15) is 23.7 Å². The molecule has 1 fully saturated rings. The number of thioether (sulfide) groups is 1. The van der Waals surface area contributed by atoms with Crippen molar-refractivity contribution in [1.82, 2.24) is 25.1 Å². The van der Waals surface area contributed by atoms with Gasteiger partial charge in [0.1, 0.15) is 11.9 Å². The van der Waals surface area contributed by atoms with Crippen LogP contribution in [0.2, 0.25) is 0 Å². The number of hydrogen-bond donors (Lipinski definition) is 3. The van der Waals surface area contributed by atoms with E-state index >= 15 is 0 Å². The zero-order valence-corrected chi connectivity index (χ0v) is 18.9. The number of sulfone groups is 1. The molecule has 1 amide bonds. The Labute approximate surface area is 188 Å². The number of nitrogens with zero attached hydrogens (tertiary/aromatic N) is 3. The van der Waals surface area contributed by atoms with Crippen LogP contribution < -0.4 is 5.32 Å². The molecule has 1 aromatic carbocycles. The molecule has 1 aliphatic heterocycles. The summed E-state index contributed by atoms with van der Waals surface area (Å²) in [6.07, 6.45) is 2.42. The smallest absolute Gasteiger partial charge is 0.326 e. The number of aliphatic carboxylic acids is 1. The van der Waals surface area contributed by atoms with Crippen molar-refractivity contribution in [3.8, 4) is 0 Å². The SMILES string of the molecule is Cn1c(SCC(=O)N[C@H](Cc2c[nH]c3ccccc23)C(=O)O)nnc1[C@@H]1CCS(=O)(=O)C1. The van der Waals surface area contributed by atoms with Gasteiger partial charge < -0.3 is 20.0 Å². The number of aromatic nitrogens is 4. The van der Waals surface area contributed by atoms with Crippen LogP contribution in [0.25, 0.3) is 10.9 Å². The summed E-state index contributed by atoms with van der Waals surface area (Å²) >= 11 is 1.13. The molecule has 3 heterocycles. The highest BCUT2D eigenvalue weighted by Gasteiger charge is 2.32. The van der Waals surface area contributed by atoms with Gasteiger partial charge in [-0.2, -0.15) is 0 Å². The van der Waals surface area contributed by atoms with E-state index in [-0.39, 0.29) is 29.6 Å². The molecule has 10 nitrogen and oxygen atoms in total. The van der Waals surface area contributed by atoms with E-state index in [9.17, 15) is 23.1 Å². The Morgan fingerprint density at radius 3 is 2.84 bits per heavy atom. The van der Waals surface area contributed by atoms with Crippen LogP contribution in [0.5, 0.6) is 0 Å². The van der Waals surface area contributed by atoms with Crippen molar-refractivity contribution in [3.63, 3.8) is 0 Å². The van der Waals surface area contributed by atoms with Crippen molar-refractivity contribution < 1.29 is 23.1 Å². The number of amides is 1. The number of carbonyl (C=O) groups excluding carboxylic acids is 1. The third-order valence-electron chi connectivity index (χ3n) is 5.53. The molecular formula is C20H23N5O5S2. The van der Waals surface area contributed by atoms with Gasteiger partial charge in [-0.25, -0.2) is 13.2 Å². The fourth-order valence-electron chi connectivity index (χ4n) is 3.89. The van der Waals surface area contributed by atoms with Crippen molar-refractivity contribution in [1.29, 1.82) is 0 Å². The summed E-state index contributed by atoms with van der Waals surface area (Å²) in [5.41, 5.74) is 1.71. The molecule has 3 N–H and O–H groups in total. The lowest BCUT2D eigenvalue weighted by Crippen LogP contribution is -2.43. The summed E-state index contributed by atoms with van der Waals surface area (Å²) in [5.74, 6) is -1.01. The maximum atomic E-state index is 12.4. The van der Waals surface area contributed by atoms with Gasteiger partial charge in [0.2, 0.25) is 5.91 Å². The second kappa shape index (κ2) is 8.94. The highest BCUT2D eigenvalue weighted by atomic mass is 32.2. The van der Waals surface area contributed by atoms with Gasteiger partial charge in [-0.15, -0.1) is 10.2 Å². The molecule has 1 aliphatic rings. The van der Waals surface area contributed by atoms with Gasteiger partial charge in [-0.1, -0.05) is 30.0 Å². The Morgan fingerprint density at radius 2 is 2.12 bits per heavy atom. The second-order valence-electron chi connectivity index (χ2n) is 7.81. The number of aromatic amines is 1. The van der Waals surface area contributed by atoms with E-state index in [4.69, 9.17) is 0 Å². The van der Waals surface area contributed by atoms with Crippen LogP contribution in [-0.2, 0) is 32.9 Å². The Hall–Kier alpha value is -2.86.